The third-order valence-corrected chi connectivity index (χ3v) is 6.35. The lowest BCUT2D eigenvalue weighted by Gasteiger charge is -2.37. The van der Waals surface area contributed by atoms with Crippen LogP contribution in [0.4, 0.5) is 0 Å². The molecule has 1 N–H and O–H groups in total. The molecule has 0 spiro atoms. The first-order valence-corrected chi connectivity index (χ1v) is 12.2. The first-order chi connectivity index (χ1) is 16.1. The molecule has 0 heterocycles. The smallest absolute Gasteiger partial charge is 0.143 e. The van der Waals surface area contributed by atoms with Crippen LogP contribution < -0.4 is 0 Å². The van der Waals surface area contributed by atoms with Crippen molar-refractivity contribution >= 4 is 0 Å². The Balaban J connectivity index is 1.98. The molecule has 0 fully saturated rings. The van der Waals surface area contributed by atoms with Gasteiger partial charge in [-0.3, -0.25) is 0 Å². The zero-order valence-electron chi connectivity index (χ0n) is 20.1. The van der Waals surface area contributed by atoms with Crippen molar-refractivity contribution in [2.45, 2.75) is 51.2 Å². The number of rotatable bonds is 13. The van der Waals surface area contributed by atoms with Crippen molar-refractivity contribution in [1.82, 2.24) is 0 Å². The fourth-order valence-corrected chi connectivity index (χ4v) is 4.52. The highest BCUT2D eigenvalue weighted by Crippen LogP contribution is 2.41. The largest absolute Gasteiger partial charge is 0.393 e. The van der Waals surface area contributed by atoms with Gasteiger partial charge < -0.3 is 9.84 Å². The number of aliphatic hydroxyl groups is 1. The minimum absolute atomic E-state index is 0.00910. The van der Waals surface area contributed by atoms with Crippen LogP contribution in [0.1, 0.15) is 56.2 Å². The van der Waals surface area contributed by atoms with Crippen LogP contribution in [0.2, 0.25) is 0 Å². The molecule has 0 aliphatic rings. The lowest BCUT2D eigenvalue weighted by Crippen LogP contribution is -2.36. The minimum Gasteiger partial charge on any atom is -0.393 e. The molecule has 0 amide bonds. The van der Waals surface area contributed by atoms with Crippen molar-refractivity contribution in [1.29, 1.82) is 0 Å². The molecule has 2 atom stereocenters. The summed E-state index contributed by atoms with van der Waals surface area (Å²) < 4.78 is 6.94. The molecule has 0 bridgehead atoms. The van der Waals surface area contributed by atoms with E-state index in [9.17, 15) is 5.11 Å². The highest BCUT2D eigenvalue weighted by atomic mass is 16.5. The van der Waals surface area contributed by atoms with E-state index in [4.69, 9.17) is 4.74 Å². The van der Waals surface area contributed by atoms with E-state index >= 15 is 0 Å². The van der Waals surface area contributed by atoms with Gasteiger partial charge in [0, 0.05) is 5.92 Å². The van der Waals surface area contributed by atoms with Crippen molar-refractivity contribution in [3.8, 4) is 0 Å². The van der Waals surface area contributed by atoms with Gasteiger partial charge in [-0.15, -0.1) is 6.58 Å². The number of benzene rings is 3. The summed E-state index contributed by atoms with van der Waals surface area (Å²) >= 11 is 0. The quantitative estimate of drug-likeness (QED) is 0.221. The van der Waals surface area contributed by atoms with Crippen molar-refractivity contribution in [3.05, 3.63) is 120 Å². The van der Waals surface area contributed by atoms with Crippen molar-refractivity contribution in [3.63, 3.8) is 0 Å². The monoisotopic (exact) mass is 442 g/mol. The van der Waals surface area contributed by atoms with E-state index < -0.39 is 11.7 Å². The van der Waals surface area contributed by atoms with Crippen LogP contribution in [-0.4, -0.2) is 17.8 Å². The van der Waals surface area contributed by atoms with Gasteiger partial charge in [0.25, 0.3) is 0 Å². The van der Waals surface area contributed by atoms with E-state index in [1.165, 1.54) is 0 Å². The maximum absolute atomic E-state index is 11.0. The molecule has 0 aromatic heterocycles. The van der Waals surface area contributed by atoms with Crippen LogP contribution in [0.3, 0.4) is 0 Å². The Labute approximate surface area is 200 Å². The molecule has 2 nitrogen and oxygen atoms in total. The molecule has 0 radical (unpaired) electrons. The van der Waals surface area contributed by atoms with Gasteiger partial charge in [0.1, 0.15) is 5.60 Å². The van der Waals surface area contributed by atoms with Crippen molar-refractivity contribution in [2.75, 3.05) is 6.61 Å². The van der Waals surface area contributed by atoms with Gasteiger partial charge in [0.2, 0.25) is 0 Å². The molecule has 33 heavy (non-hydrogen) atoms. The molecule has 0 aliphatic heterocycles. The predicted octanol–water partition coefficient (Wildman–Crippen LogP) is 7.37. The second kappa shape index (κ2) is 12.5. The molecular weight excluding hydrogens is 404 g/mol. The molecule has 0 saturated carbocycles. The van der Waals surface area contributed by atoms with Gasteiger partial charge in [0.05, 0.1) is 12.7 Å². The summed E-state index contributed by atoms with van der Waals surface area (Å²) in [6.45, 7) is 8.84. The van der Waals surface area contributed by atoms with Crippen LogP contribution in [0.5, 0.6) is 0 Å². The molecule has 3 rings (SSSR count). The second-order valence-electron chi connectivity index (χ2n) is 9.27. The number of allylic oxidation sites excluding steroid dienone is 1. The third kappa shape index (κ3) is 6.43. The van der Waals surface area contributed by atoms with Crippen molar-refractivity contribution < 1.29 is 9.84 Å². The predicted molar refractivity (Wildman–Crippen MR) is 138 cm³/mol. The summed E-state index contributed by atoms with van der Waals surface area (Å²) in [7, 11) is 0. The Bertz CT molecular complexity index is 838. The molecule has 174 valence electrons. The molecule has 2 heteroatoms. The molecule has 0 unspecified atom stereocenters. The lowest BCUT2D eigenvalue weighted by molar-refractivity contribution is -0.0391. The van der Waals surface area contributed by atoms with Gasteiger partial charge in [0.15, 0.2) is 0 Å². The first kappa shape index (κ1) is 25.0. The van der Waals surface area contributed by atoms with E-state index in [0.717, 1.165) is 42.4 Å². The standard InChI is InChI=1S/C31H38O2/c1-4-15-26(30(32)23-14-16-25(2)3)24-33-31(27-17-8-5-9-18-27,28-19-10-6-11-20-28)29-21-12-7-13-22-29/h4-13,17-22,25-26,30,32H,1,14-16,23-24H2,2-3H3/t26-,30-/m0/s1. The van der Waals surface area contributed by atoms with Gasteiger partial charge in [-0.05, 0) is 35.4 Å². The van der Waals surface area contributed by atoms with E-state index in [1.54, 1.807) is 0 Å². The van der Waals surface area contributed by atoms with Crippen LogP contribution in [-0.2, 0) is 10.3 Å². The Morgan fingerprint density at radius 2 is 1.24 bits per heavy atom. The number of hydrogen-bond acceptors (Lipinski definition) is 2. The summed E-state index contributed by atoms with van der Waals surface area (Å²) in [5.41, 5.74) is 2.47. The summed E-state index contributed by atoms with van der Waals surface area (Å²) in [5.74, 6) is 0.637. The highest BCUT2D eigenvalue weighted by Gasteiger charge is 2.38. The van der Waals surface area contributed by atoms with Gasteiger partial charge in [-0.2, -0.15) is 0 Å². The summed E-state index contributed by atoms with van der Waals surface area (Å²) in [4.78, 5) is 0. The molecule has 3 aromatic carbocycles. The number of hydrogen-bond donors (Lipinski definition) is 1. The normalized spacial score (nSPS) is 13.6. The maximum Gasteiger partial charge on any atom is 0.143 e. The topological polar surface area (TPSA) is 29.5 Å². The average Bonchev–Trinajstić information content (AvgIpc) is 2.85. The van der Waals surface area contributed by atoms with Crippen LogP contribution in [0, 0.1) is 11.8 Å². The van der Waals surface area contributed by atoms with Gasteiger partial charge >= 0.3 is 0 Å². The maximum atomic E-state index is 11.0. The summed E-state index contributed by atoms with van der Waals surface area (Å²) in [6, 6.07) is 31.2. The van der Waals surface area contributed by atoms with E-state index in [-0.39, 0.29) is 5.92 Å². The second-order valence-corrected chi connectivity index (χ2v) is 9.27. The van der Waals surface area contributed by atoms with Gasteiger partial charge in [-0.25, -0.2) is 0 Å². The molecule has 0 saturated heterocycles. The van der Waals surface area contributed by atoms with E-state index in [1.807, 2.05) is 24.3 Å². The summed E-state index contributed by atoms with van der Waals surface area (Å²) in [5, 5.41) is 11.0. The Kier molecular flexibility index (Phi) is 9.47. The fourth-order valence-electron chi connectivity index (χ4n) is 4.52. The Morgan fingerprint density at radius 1 is 0.788 bits per heavy atom. The van der Waals surface area contributed by atoms with E-state index in [0.29, 0.717) is 12.5 Å². The minimum atomic E-state index is -0.763. The SMILES string of the molecule is C=CC[C@@H](COC(c1ccccc1)(c1ccccc1)c1ccccc1)[C@@H](O)CCCC(C)C. The third-order valence-electron chi connectivity index (χ3n) is 6.35. The van der Waals surface area contributed by atoms with Crippen molar-refractivity contribution in [2.24, 2.45) is 11.8 Å². The number of ether oxygens (including phenoxy) is 1. The van der Waals surface area contributed by atoms with Gasteiger partial charge in [-0.1, -0.05) is 124 Å². The van der Waals surface area contributed by atoms with Crippen LogP contribution in [0.15, 0.2) is 104 Å². The van der Waals surface area contributed by atoms with E-state index in [2.05, 4.69) is 93.2 Å². The Hall–Kier alpha value is -2.68. The van der Waals surface area contributed by atoms with Crippen LogP contribution in [0.25, 0.3) is 0 Å². The molecule has 0 aliphatic carbocycles. The lowest BCUT2D eigenvalue weighted by atomic mass is 9.80. The summed E-state index contributed by atoms with van der Waals surface area (Å²) in [6.07, 6.45) is 5.14. The fraction of sp³-hybridized carbons (Fsp3) is 0.355. The average molecular weight is 443 g/mol. The molecule has 3 aromatic rings. The first-order valence-electron chi connectivity index (χ1n) is 12.2. The zero-order valence-corrected chi connectivity index (χ0v) is 20.1. The number of aliphatic hydroxyl groups excluding tert-OH is 1. The highest BCUT2D eigenvalue weighted by molar-refractivity contribution is 5.47. The zero-order chi connectivity index (χ0) is 23.5. The van der Waals surface area contributed by atoms with Crippen LogP contribution >= 0.6 is 0 Å². The Morgan fingerprint density at radius 3 is 1.64 bits per heavy atom. The molecular formula is C31H38O2.